The topological polar surface area (TPSA) is 58.1 Å². The maximum Gasteiger partial charge on any atom is 0.191 e. The van der Waals surface area contributed by atoms with Gasteiger partial charge in [-0.15, -0.1) is 0 Å². The standard InChI is InChI=1S/C24H32N4O2/c1-25-24(26-17-20-8-9-22-23(16-20)30-15-5-14-29-22)27-21-10-12-28(13-11-21)18-19-6-3-2-4-7-19/h2-4,6-9,16,21H,5,10-15,17-18H2,1H3,(H2,25,26,27). The summed E-state index contributed by atoms with van der Waals surface area (Å²) in [5, 5.41) is 7.02. The Bertz CT molecular complexity index is 832. The number of hydrogen-bond acceptors (Lipinski definition) is 4. The Hall–Kier alpha value is -2.73. The number of hydrogen-bond donors (Lipinski definition) is 2. The van der Waals surface area contributed by atoms with E-state index in [0.29, 0.717) is 25.8 Å². The number of guanidine groups is 1. The van der Waals surface area contributed by atoms with Crippen LogP contribution in [0, 0.1) is 0 Å². The summed E-state index contributed by atoms with van der Waals surface area (Å²) < 4.78 is 11.5. The minimum Gasteiger partial charge on any atom is -0.490 e. The molecule has 1 saturated heterocycles. The minimum atomic E-state index is 0.451. The maximum atomic E-state index is 5.79. The van der Waals surface area contributed by atoms with Crippen LogP contribution in [0.4, 0.5) is 0 Å². The molecular weight excluding hydrogens is 376 g/mol. The number of piperidine rings is 1. The quantitative estimate of drug-likeness (QED) is 0.588. The van der Waals surface area contributed by atoms with Gasteiger partial charge in [0.2, 0.25) is 0 Å². The van der Waals surface area contributed by atoms with Crippen molar-refractivity contribution >= 4 is 5.96 Å². The number of fused-ring (bicyclic) bond motifs is 1. The van der Waals surface area contributed by atoms with E-state index in [1.807, 2.05) is 13.1 Å². The number of nitrogens with zero attached hydrogens (tertiary/aromatic N) is 2. The molecular formula is C24H32N4O2. The highest BCUT2D eigenvalue weighted by Crippen LogP contribution is 2.30. The maximum absolute atomic E-state index is 5.79. The third kappa shape index (κ3) is 5.66. The lowest BCUT2D eigenvalue weighted by Gasteiger charge is -2.33. The van der Waals surface area contributed by atoms with Crippen molar-refractivity contribution in [2.24, 2.45) is 4.99 Å². The van der Waals surface area contributed by atoms with Gasteiger partial charge in [-0.25, -0.2) is 0 Å². The molecule has 1 fully saturated rings. The van der Waals surface area contributed by atoms with Gasteiger partial charge >= 0.3 is 0 Å². The van der Waals surface area contributed by atoms with Crippen molar-refractivity contribution in [2.45, 2.75) is 38.4 Å². The molecule has 160 valence electrons. The summed E-state index contributed by atoms with van der Waals surface area (Å²) in [4.78, 5) is 6.94. The molecule has 2 aliphatic heterocycles. The Labute approximate surface area is 179 Å². The molecule has 0 spiro atoms. The Balaban J connectivity index is 1.23. The molecule has 0 aliphatic carbocycles. The predicted molar refractivity (Wildman–Crippen MR) is 120 cm³/mol. The molecule has 2 heterocycles. The number of benzene rings is 2. The van der Waals surface area contributed by atoms with Crippen LogP contribution < -0.4 is 20.1 Å². The fourth-order valence-electron chi connectivity index (χ4n) is 3.97. The average molecular weight is 409 g/mol. The van der Waals surface area contributed by atoms with Gasteiger partial charge in [0.25, 0.3) is 0 Å². The van der Waals surface area contributed by atoms with Gasteiger partial charge in [0.1, 0.15) is 0 Å². The number of likely N-dealkylation sites (tertiary alicyclic amines) is 1. The molecule has 0 amide bonds. The zero-order valence-corrected chi connectivity index (χ0v) is 17.8. The van der Waals surface area contributed by atoms with Gasteiger partial charge in [0, 0.05) is 45.7 Å². The fraction of sp³-hybridized carbons (Fsp3) is 0.458. The van der Waals surface area contributed by atoms with Crippen LogP contribution in [-0.2, 0) is 13.1 Å². The second-order valence-electron chi connectivity index (χ2n) is 7.94. The molecule has 2 aromatic carbocycles. The Morgan fingerprint density at radius 1 is 1.00 bits per heavy atom. The van der Waals surface area contributed by atoms with Gasteiger partial charge in [0.15, 0.2) is 17.5 Å². The number of rotatable bonds is 5. The SMILES string of the molecule is CN=C(NCc1ccc2c(c1)OCCCO2)NC1CCN(Cc2ccccc2)CC1. The van der Waals surface area contributed by atoms with Crippen LogP contribution in [0.1, 0.15) is 30.4 Å². The molecule has 2 aromatic rings. The second-order valence-corrected chi connectivity index (χ2v) is 7.94. The van der Waals surface area contributed by atoms with Crippen LogP contribution in [-0.4, -0.2) is 50.3 Å². The molecule has 0 radical (unpaired) electrons. The first-order valence-corrected chi connectivity index (χ1v) is 10.9. The van der Waals surface area contributed by atoms with Crippen molar-refractivity contribution in [3.8, 4) is 11.5 Å². The summed E-state index contributed by atoms with van der Waals surface area (Å²) in [6.07, 6.45) is 3.16. The molecule has 30 heavy (non-hydrogen) atoms. The molecule has 6 heteroatoms. The van der Waals surface area contributed by atoms with Gasteiger partial charge in [-0.3, -0.25) is 9.89 Å². The molecule has 0 unspecified atom stereocenters. The number of nitrogens with one attached hydrogen (secondary N) is 2. The third-order valence-corrected chi connectivity index (χ3v) is 5.67. The van der Waals surface area contributed by atoms with Crippen LogP contribution in [0.5, 0.6) is 11.5 Å². The van der Waals surface area contributed by atoms with Crippen LogP contribution in [0.25, 0.3) is 0 Å². The Morgan fingerprint density at radius 2 is 1.77 bits per heavy atom. The Kier molecular flexibility index (Phi) is 7.08. The fourth-order valence-corrected chi connectivity index (χ4v) is 3.97. The lowest BCUT2D eigenvalue weighted by Crippen LogP contribution is -2.48. The van der Waals surface area contributed by atoms with Crippen molar-refractivity contribution in [3.05, 3.63) is 59.7 Å². The first kappa shape index (κ1) is 20.5. The molecule has 2 aliphatic rings. The number of ether oxygens (including phenoxy) is 2. The summed E-state index contributed by atoms with van der Waals surface area (Å²) in [5.41, 5.74) is 2.54. The molecule has 0 aromatic heterocycles. The first-order valence-electron chi connectivity index (χ1n) is 10.9. The highest BCUT2D eigenvalue weighted by molar-refractivity contribution is 5.80. The van der Waals surface area contributed by atoms with E-state index in [1.165, 1.54) is 5.56 Å². The van der Waals surface area contributed by atoms with Crippen molar-refractivity contribution in [3.63, 3.8) is 0 Å². The van der Waals surface area contributed by atoms with Crippen molar-refractivity contribution in [2.75, 3.05) is 33.4 Å². The van der Waals surface area contributed by atoms with E-state index in [0.717, 1.165) is 61.9 Å². The van der Waals surface area contributed by atoms with E-state index < -0.39 is 0 Å². The monoisotopic (exact) mass is 408 g/mol. The zero-order chi connectivity index (χ0) is 20.6. The van der Waals surface area contributed by atoms with Crippen LogP contribution in [0.2, 0.25) is 0 Å². The molecule has 0 atom stereocenters. The lowest BCUT2D eigenvalue weighted by molar-refractivity contribution is 0.198. The zero-order valence-electron chi connectivity index (χ0n) is 17.8. The van der Waals surface area contributed by atoms with E-state index >= 15 is 0 Å². The van der Waals surface area contributed by atoms with E-state index in [2.05, 4.69) is 63.0 Å². The van der Waals surface area contributed by atoms with Crippen molar-refractivity contribution in [1.29, 1.82) is 0 Å². The van der Waals surface area contributed by atoms with Crippen molar-refractivity contribution < 1.29 is 9.47 Å². The summed E-state index contributed by atoms with van der Waals surface area (Å²) in [6.45, 7) is 5.35. The summed E-state index contributed by atoms with van der Waals surface area (Å²) in [6, 6.07) is 17.3. The van der Waals surface area contributed by atoms with E-state index in [9.17, 15) is 0 Å². The van der Waals surface area contributed by atoms with Gasteiger partial charge in [0.05, 0.1) is 13.2 Å². The second kappa shape index (κ2) is 10.3. The largest absolute Gasteiger partial charge is 0.490 e. The van der Waals surface area contributed by atoms with Gasteiger partial charge in [-0.05, 0) is 36.1 Å². The number of aliphatic imine (C=N–C) groups is 1. The van der Waals surface area contributed by atoms with Crippen LogP contribution >= 0.6 is 0 Å². The van der Waals surface area contributed by atoms with Crippen molar-refractivity contribution in [1.82, 2.24) is 15.5 Å². The first-order chi connectivity index (χ1) is 14.8. The Morgan fingerprint density at radius 3 is 2.53 bits per heavy atom. The molecule has 2 N–H and O–H groups in total. The van der Waals surface area contributed by atoms with E-state index in [4.69, 9.17) is 9.47 Å². The minimum absolute atomic E-state index is 0.451. The summed E-state index contributed by atoms with van der Waals surface area (Å²) in [5.74, 6) is 2.52. The molecule has 4 rings (SSSR count). The third-order valence-electron chi connectivity index (χ3n) is 5.67. The smallest absolute Gasteiger partial charge is 0.191 e. The average Bonchev–Trinajstić information content (AvgIpc) is 3.03. The van der Waals surface area contributed by atoms with E-state index in [-0.39, 0.29) is 0 Å². The van der Waals surface area contributed by atoms with Crippen LogP contribution in [0.15, 0.2) is 53.5 Å². The molecule has 0 bridgehead atoms. The summed E-state index contributed by atoms with van der Waals surface area (Å²) in [7, 11) is 1.83. The highest BCUT2D eigenvalue weighted by Gasteiger charge is 2.20. The predicted octanol–water partition coefficient (Wildman–Crippen LogP) is 3.18. The van der Waals surface area contributed by atoms with Crippen LogP contribution in [0.3, 0.4) is 0 Å². The van der Waals surface area contributed by atoms with E-state index in [1.54, 1.807) is 0 Å². The lowest BCUT2D eigenvalue weighted by atomic mass is 10.0. The van der Waals surface area contributed by atoms with Gasteiger partial charge < -0.3 is 20.1 Å². The molecule has 0 saturated carbocycles. The molecule has 6 nitrogen and oxygen atoms in total. The van der Waals surface area contributed by atoms with Gasteiger partial charge in [-0.2, -0.15) is 0 Å². The highest BCUT2D eigenvalue weighted by atomic mass is 16.5. The summed E-state index contributed by atoms with van der Waals surface area (Å²) >= 11 is 0. The van der Waals surface area contributed by atoms with Gasteiger partial charge in [-0.1, -0.05) is 36.4 Å². The normalized spacial score (nSPS) is 18.0.